The second-order valence-electron chi connectivity index (χ2n) is 8.28. The van der Waals surface area contributed by atoms with Gasteiger partial charge in [0.05, 0.1) is 27.9 Å². The molecule has 4 aromatic rings. The summed E-state index contributed by atoms with van der Waals surface area (Å²) in [6.45, 7) is 2.64. The van der Waals surface area contributed by atoms with Crippen molar-refractivity contribution in [3.05, 3.63) is 98.7 Å². The predicted molar refractivity (Wildman–Crippen MR) is 138 cm³/mol. The Balaban J connectivity index is 1.36. The number of para-hydroxylation sites is 1. The van der Waals surface area contributed by atoms with E-state index in [-0.39, 0.29) is 17.2 Å². The topological polar surface area (TPSA) is 93.5 Å². The van der Waals surface area contributed by atoms with Gasteiger partial charge in [0.25, 0.3) is 11.8 Å². The first-order valence-electron chi connectivity index (χ1n) is 11.3. The second kappa shape index (κ2) is 10.0. The number of amides is 2. The summed E-state index contributed by atoms with van der Waals surface area (Å²) in [7, 11) is 0. The van der Waals surface area contributed by atoms with Crippen molar-refractivity contribution in [2.24, 2.45) is 0 Å². The maximum absolute atomic E-state index is 13.3. The number of anilines is 1. The van der Waals surface area contributed by atoms with E-state index in [1.54, 1.807) is 49.4 Å². The molecule has 0 saturated heterocycles. The lowest BCUT2D eigenvalue weighted by atomic mass is 10.0. The van der Waals surface area contributed by atoms with Crippen LogP contribution in [0.15, 0.2) is 65.2 Å². The largest absolute Gasteiger partial charge is 0.493 e. The minimum absolute atomic E-state index is 0.181. The molecule has 2 N–H and O–H groups in total. The summed E-state index contributed by atoms with van der Waals surface area (Å²) in [5.74, 6) is 0.360. The van der Waals surface area contributed by atoms with Crippen LogP contribution >= 0.6 is 23.2 Å². The number of rotatable bonds is 6. The lowest BCUT2D eigenvalue weighted by Crippen LogP contribution is -2.25. The molecule has 7 nitrogen and oxygen atoms in total. The molecule has 1 aromatic heterocycles. The van der Waals surface area contributed by atoms with Crippen molar-refractivity contribution in [2.75, 3.05) is 11.9 Å². The number of halogens is 2. The summed E-state index contributed by atoms with van der Waals surface area (Å²) in [6, 6.07) is 17.7. The first kappa shape index (κ1) is 23.9. The zero-order valence-electron chi connectivity index (χ0n) is 19.2. The van der Waals surface area contributed by atoms with E-state index in [4.69, 9.17) is 32.5 Å². The smallest absolute Gasteiger partial charge is 0.261 e. The van der Waals surface area contributed by atoms with E-state index >= 15 is 0 Å². The fourth-order valence-electron chi connectivity index (χ4n) is 4.14. The number of nitrogens with zero attached hydrogens (tertiary/aromatic N) is 1. The minimum Gasteiger partial charge on any atom is -0.493 e. The van der Waals surface area contributed by atoms with E-state index in [1.165, 1.54) is 0 Å². The van der Waals surface area contributed by atoms with Crippen molar-refractivity contribution in [3.63, 3.8) is 0 Å². The first-order chi connectivity index (χ1) is 17.4. The molecule has 0 aliphatic carbocycles. The van der Waals surface area contributed by atoms with E-state index in [9.17, 15) is 9.59 Å². The molecule has 36 heavy (non-hydrogen) atoms. The van der Waals surface area contributed by atoms with Crippen molar-refractivity contribution in [2.45, 2.75) is 19.9 Å². The standard InChI is InChI=1S/C27H21Cl2N3O4/c1-15-23(25(32-36-15)24-19(28)6-4-7-20(24)29)27(34)31-21-8-3-2-5-18(21)26(33)30-14-16-9-10-22-17(13-16)11-12-35-22/h2-10,13H,11-12,14H2,1H3,(H,30,33)(H,31,34). The van der Waals surface area contributed by atoms with Crippen molar-refractivity contribution in [3.8, 4) is 17.0 Å². The Morgan fingerprint density at radius 3 is 2.58 bits per heavy atom. The van der Waals surface area contributed by atoms with Gasteiger partial charge in [-0.15, -0.1) is 0 Å². The van der Waals surface area contributed by atoms with Gasteiger partial charge in [0.15, 0.2) is 0 Å². The first-order valence-corrected chi connectivity index (χ1v) is 12.0. The number of ether oxygens (including phenoxy) is 1. The Hall–Kier alpha value is -3.81. The van der Waals surface area contributed by atoms with Crippen LogP contribution in [0.2, 0.25) is 10.0 Å². The molecule has 0 fully saturated rings. The molecule has 182 valence electrons. The zero-order valence-corrected chi connectivity index (χ0v) is 20.7. The third-order valence-corrected chi connectivity index (χ3v) is 6.55. The fourth-order valence-corrected chi connectivity index (χ4v) is 4.71. The van der Waals surface area contributed by atoms with Gasteiger partial charge in [-0.3, -0.25) is 9.59 Å². The van der Waals surface area contributed by atoms with Crippen molar-refractivity contribution < 1.29 is 18.8 Å². The number of aromatic nitrogens is 1. The van der Waals surface area contributed by atoms with E-state index in [0.717, 1.165) is 23.3 Å². The Morgan fingerprint density at radius 2 is 1.78 bits per heavy atom. The number of nitrogens with one attached hydrogen (secondary N) is 2. The van der Waals surface area contributed by atoms with Crippen LogP contribution in [0.1, 0.15) is 37.6 Å². The molecule has 0 saturated carbocycles. The van der Waals surface area contributed by atoms with Crippen LogP contribution < -0.4 is 15.4 Å². The zero-order chi connectivity index (χ0) is 25.2. The average Bonchev–Trinajstić information content (AvgIpc) is 3.49. The van der Waals surface area contributed by atoms with Gasteiger partial charge >= 0.3 is 0 Å². The summed E-state index contributed by atoms with van der Waals surface area (Å²) in [5, 5.41) is 10.4. The molecule has 0 unspecified atom stereocenters. The highest BCUT2D eigenvalue weighted by Crippen LogP contribution is 2.37. The highest BCUT2D eigenvalue weighted by atomic mass is 35.5. The van der Waals surface area contributed by atoms with Crippen LogP contribution in [-0.2, 0) is 13.0 Å². The highest BCUT2D eigenvalue weighted by molar-refractivity contribution is 6.39. The summed E-state index contributed by atoms with van der Waals surface area (Å²) in [5.41, 5.74) is 3.57. The van der Waals surface area contributed by atoms with Gasteiger partial charge in [-0.25, -0.2) is 0 Å². The van der Waals surface area contributed by atoms with Crippen LogP contribution in [0.4, 0.5) is 5.69 Å². The molecule has 0 radical (unpaired) electrons. The maximum atomic E-state index is 13.3. The highest BCUT2D eigenvalue weighted by Gasteiger charge is 2.26. The number of carbonyl (C=O) groups is 2. The van der Waals surface area contributed by atoms with Crippen LogP contribution in [0.3, 0.4) is 0 Å². The van der Waals surface area contributed by atoms with Crippen LogP contribution in [0.5, 0.6) is 5.75 Å². The Morgan fingerprint density at radius 1 is 1.00 bits per heavy atom. The van der Waals surface area contributed by atoms with Gasteiger partial charge in [-0.05, 0) is 48.4 Å². The molecular formula is C27H21Cl2N3O4. The molecule has 9 heteroatoms. The van der Waals surface area contributed by atoms with E-state index in [2.05, 4.69) is 15.8 Å². The van der Waals surface area contributed by atoms with Crippen molar-refractivity contribution in [1.29, 1.82) is 0 Å². The van der Waals surface area contributed by atoms with Gasteiger partial charge in [0.1, 0.15) is 22.8 Å². The third kappa shape index (κ3) is 4.67. The number of fused-ring (bicyclic) bond motifs is 1. The molecule has 5 rings (SSSR count). The fraction of sp³-hybridized carbons (Fsp3) is 0.148. The van der Waals surface area contributed by atoms with Gasteiger partial charge in [-0.2, -0.15) is 0 Å². The van der Waals surface area contributed by atoms with Crippen molar-refractivity contribution in [1.82, 2.24) is 10.5 Å². The molecular weight excluding hydrogens is 501 g/mol. The molecule has 3 aromatic carbocycles. The lowest BCUT2D eigenvalue weighted by molar-refractivity contribution is 0.0951. The summed E-state index contributed by atoms with van der Waals surface area (Å²) in [6.07, 6.45) is 0.857. The second-order valence-corrected chi connectivity index (χ2v) is 9.10. The lowest BCUT2D eigenvalue weighted by Gasteiger charge is -2.12. The molecule has 0 spiro atoms. The molecule has 0 bridgehead atoms. The van der Waals surface area contributed by atoms with E-state index < -0.39 is 5.91 Å². The van der Waals surface area contributed by atoms with Crippen LogP contribution in [0, 0.1) is 6.92 Å². The normalized spacial score (nSPS) is 12.1. The number of carbonyl (C=O) groups excluding carboxylic acids is 2. The van der Waals surface area contributed by atoms with Gasteiger partial charge in [0.2, 0.25) is 0 Å². The average molecular weight is 522 g/mol. The number of hydrogen-bond acceptors (Lipinski definition) is 5. The van der Waals surface area contributed by atoms with Crippen LogP contribution in [-0.4, -0.2) is 23.6 Å². The van der Waals surface area contributed by atoms with Gasteiger partial charge < -0.3 is 19.9 Å². The van der Waals surface area contributed by atoms with Gasteiger partial charge in [0, 0.05) is 18.5 Å². The maximum Gasteiger partial charge on any atom is 0.261 e. The van der Waals surface area contributed by atoms with Crippen molar-refractivity contribution >= 4 is 40.7 Å². The molecule has 2 heterocycles. The summed E-state index contributed by atoms with van der Waals surface area (Å²) < 4.78 is 10.8. The summed E-state index contributed by atoms with van der Waals surface area (Å²) >= 11 is 12.7. The minimum atomic E-state index is -0.501. The summed E-state index contributed by atoms with van der Waals surface area (Å²) in [4.78, 5) is 26.4. The number of hydrogen-bond donors (Lipinski definition) is 2. The SMILES string of the molecule is Cc1onc(-c2c(Cl)cccc2Cl)c1C(=O)Nc1ccccc1C(=O)NCc1ccc2c(c1)CCO2. The molecule has 1 aliphatic rings. The Labute approximate surface area is 217 Å². The number of aryl methyl sites for hydroxylation is 1. The Kier molecular flexibility index (Phi) is 6.67. The monoisotopic (exact) mass is 521 g/mol. The van der Waals surface area contributed by atoms with E-state index in [1.807, 2.05) is 18.2 Å². The van der Waals surface area contributed by atoms with Gasteiger partial charge in [-0.1, -0.05) is 58.7 Å². The molecule has 0 atom stereocenters. The van der Waals surface area contributed by atoms with E-state index in [0.29, 0.717) is 45.8 Å². The predicted octanol–water partition coefficient (Wildman–Crippen LogP) is 6.07. The van der Waals surface area contributed by atoms with Crippen LogP contribution in [0.25, 0.3) is 11.3 Å². The quantitative estimate of drug-likeness (QED) is 0.321. The molecule has 1 aliphatic heterocycles. The Bertz CT molecular complexity index is 1460. The third-order valence-electron chi connectivity index (χ3n) is 5.92. The molecule has 2 amide bonds. The number of benzene rings is 3.